The van der Waals surface area contributed by atoms with Crippen molar-refractivity contribution >= 4 is 0 Å². The summed E-state index contributed by atoms with van der Waals surface area (Å²) in [6.45, 7) is 6.81. The van der Waals surface area contributed by atoms with Crippen molar-refractivity contribution < 1.29 is 18.9 Å². The third kappa shape index (κ3) is 11.1. The molecule has 0 saturated heterocycles. The molecule has 1 saturated carbocycles. The van der Waals surface area contributed by atoms with Crippen molar-refractivity contribution in [1.29, 1.82) is 0 Å². The Morgan fingerprint density at radius 2 is 1.48 bits per heavy atom. The van der Waals surface area contributed by atoms with Gasteiger partial charge in [-0.15, -0.1) is 0 Å². The van der Waals surface area contributed by atoms with E-state index in [0.717, 1.165) is 32.3 Å². The summed E-state index contributed by atoms with van der Waals surface area (Å²) in [6.07, 6.45) is 7.06. The van der Waals surface area contributed by atoms with Crippen LogP contribution in [0.1, 0.15) is 45.4 Å². The molecule has 2 N–H and O–H groups in total. The minimum Gasteiger partial charge on any atom is -0.379 e. The summed E-state index contributed by atoms with van der Waals surface area (Å²) in [4.78, 5) is 0. The van der Waals surface area contributed by atoms with E-state index in [2.05, 4.69) is 6.92 Å². The minimum absolute atomic E-state index is 0.317. The predicted octanol–water partition coefficient (Wildman–Crippen LogP) is 2.12. The van der Waals surface area contributed by atoms with Gasteiger partial charge in [0.25, 0.3) is 0 Å². The van der Waals surface area contributed by atoms with Gasteiger partial charge in [0.2, 0.25) is 0 Å². The molecule has 0 spiro atoms. The zero-order valence-electron chi connectivity index (χ0n) is 13.6. The Morgan fingerprint density at radius 3 is 2.10 bits per heavy atom. The first-order valence-corrected chi connectivity index (χ1v) is 8.43. The van der Waals surface area contributed by atoms with Gasteiger partial charge in [0.05, 0.1) is 45.7 Å². The van der Waals surface area contributed by atoms with E-state index in [4.69, 9.17) is 24.7 Å². The van der Waals surface area contributed by atoms with Crippen LogP contribution in [-0.4, -0.2) is 58.4 Å². The topological polar surface area (TPSA) is 62.9 Å². The first-order chi connectivity index (χ1) is 10.3. The van der Waals surface area contributed by atoms with Crippen LogP contribution in [0.25, 0.3) is 0 Å². The van der Waals surface area contributed by atoms with Crippen molar-refractivity contribution in [2.24, 2.45) is 5.73 Å². The summed E-state index contributed by atoms with van der Waals surface area (Å²) in [5.74, 6) is 0. The normalized spacial score (nSPS) is 22.6. The molecule has 1 rings (SSSR count). The van der Waals surface area contributed by atoms with Crippen LogP contribution >= 0.6 is 0 Å². The van der Waals surface area contributed by atoms with Crippen molar-refractivity contribution in [3.8, 4) is 0 Å². The lowest BCUT2D eigenvalue weighted by molar-refractivity contribution is -0.0288. The second kappa shape index (κ2) is 13.5. The van der Waals surface area contributed by atoms with Gasteiger partial charge in [0, 0.05) is 12.6 Å². The smallest absolute Gasteiger partial charge is 0.0704 e. The quantitative estimate of drug-likeness (QED) is 0.528. The molecular weight excluding hydrogens is 270 g/mol. The fraction of sp³-hybridized carbons (Fsp3) is 1.00. The number of nitrogens with two attached hydrogens (primary N) is 1. The minimum atomic E-state index is 0.317. The standard InChI is InChI=1S/C16H33NO4/c1-2-3-7-18-8-9-19-10-11-20-12-13-21-16-6-4-5-15(17)14-16/h15-16H,2-14,17H2,1H3. The molecule has 0 heterocycles. The lowest BCUT2D eigenvalue weighted by Crippen LogP contribution is -2.32. The van der Waals surface area contributed by atoms with E-state index in [-0.39, 0.29) is 0 Å². The van der Waals surface area contributed by atoms with Gasteiger partial charge in [-0.3, -0.25) is 0 Å². The molecule has 5 heteroatoms. The van der Waals surface area contributed by atoms with Crippen LogP contribution in [0.3, 0.4) is 0 Å². The van der Waals surface area contributed by atoms with Crippen molar-refractivity contribution in [3.63, 3.8) is 0 Å². The maximum absolute atomic E-state index is 5.92. The van der Waals surface area contributed by atoms with Crippen molar-refractivity contribution in [2.75, 3.05) is 46.2 Å². The van der Waals surface area contributed by atoms with Gasteiger partial charge in [-0.2, -0.15) is 0 Å². The van der Waals surface area contributed by atoms with E-state index < -0.39 is 0 Å². The summed E-state index contributed by atoms with van der Waals surface area (Å²) in [7, 11) is 0. The average Bonchev–Trinajstić information content (AvgIpc) is 2.48. The van der Waals surface area contributed by atoms with Crippen molar-refractivity contribution in [1.82, 2.24) is 0 Å². The highest BCUT2D eigenvalue weighted by atomic mass is 16.6. The Hall–Kier alpha value is -0.200. The van der Waals surface area contributed by atoms with Gasteiger partial charge >= 0.3 is 0 Å². The lowest BCUT2D eigenvalue weighted by Gasteiger charge is -2.26. The highest BCUT2D eigenvalue weighted by Crippen LogP contribution is 2.19. The number of hydrogen-bond donors (Lipinski definition) is 1. The monoisotopic (exact) mass is 303 g/mol. The van der Waals surface area contributed by atoms with E-state index in [1.54, 1.807) is 0 Å². The van der Waals surface area contributed by atoms with E-state index >= 15 is 0 Å². The summed E-state index contributed by atoms with van der Waals surface area (Å²) >= 11 is 0. The molecule has 1 aliphatic rings. The molecule has 1 aliphatic carbocycles. The zero-order chi connectivity index (χ0) is 15.2. The van der Waals surface area contributed by atoms with Crippen molar-refractivity contribution in [3.05, 3.63) is 0 Å². The molecule has 0 bridgehead atoms. The van der Waals surface area contributed by atoms with Gasteiger partial charge in [0.15, 0.2) is 0 Å². The second-order valence-electron chi connectivity index (χ2n) is 5.61. The van der Waals surface area contributed by atoms with E-state index in [1.165, 1.54) is 12.8 Å². The van der Waals surface area contributed by atoms with Crippen LogP contribution in [0.2, 0.25) is 0 Å². The maximum Gasteiger partial charge on any atom is 0.0704 e. The SMILES string of the molecule is CCCCOCCOCCOCCOC1CCCC(N)C1. The van der Waals surface area contributed by atoms with Gasteiger partial charge in [0.1, 0.15) is 0 Å². The third-order valence-corrected chi connectivity index (χ3v) is 3.63. The highest BCUT2D eigenvalue weighted by Gasteiger charge is 2.19. The average molecular weight is 303 g/mol. The molecule has 0 aromatic rings. The van der Waals surface area contributed by atoms with Gasteiger partial charge in [-0.25, -0.2) is 0 Å². The molecule has 0 aromatic carbocycles. The summed E-state index contributed by atoms with van der Waals surface area (Å²) in [5.41, 5.74) is 5.92. The van der Waals surface area contributed by atoms with Crippen LogP contribution in [0.5, 0.6) is 0 Å². The Morgan fingerprint density at radius 1 is 0.857 bits per heavy atom. The first kappa shape index (κ1) is 18.8. The molecule has 2 atom stereocenters. The Labute approximate surface area is 129 Å². The molecule has 21 heavy (non-hydrogen) atoms. The number of ether oxygens (including phenoxy) is 4. The molecular formula is C16H33NO4. The number of unbranched alkanes of at least 4 members (excludes halogenated alkanes) is 1. The molecule has 126 valence electrons. The molecule has 0 aromatic heterocycles. The Bertz CT molecular complexity index is 228. The fourth-order valence-electron chi connectivity index (χ4n) is 2.39. The van der Waals surface area contributed by atoms with E-state index in [9.17, 15) is 0 Å². The fourth-order valence-corrected chi connectivity index (χ4v) is 2.39. The highest BCUT2D eigenvalue weighted by molar-refractivity contribution is 4.75. The molecule has 0 aliphatic heterocycles. The van der Waals surface area contributed by atoms with E-state index in [0.29, 0.717) is 51.8 Å². The largest absolute Gasteiger partial charge is 0.379 e. The number of hydrogen-bond acceptors (Lipinski definition) is 5. The summed E-state index contributed by atoms with van der Waals surface area (Å²) in [6, 6.07) is 0.317. The van der Waals surface area contributed by atoms with Gasteiger partial charge < -0.3 is 24.7 Å². The van der Waals surface area contributed by atoms with E-state index in [1.807, 2.05) is 0 Å². The Balaban J connectivity index is 1.74. The Kier molecular flexibility index (Phi) is 12.1. The van der Waals surface area contributed by atoms with Crippen LogP contribution in [-0.2, 0) is 18.9 Å². The van der Waals surface area contributed by atoms with Crippen LogP contribution in [0, 0.1) is 0 Å². The van der Waals surface area contributed by atoms with Crippen LogP contribution < -0.4 is 5.73 Å². The molecule has 1 fully saturated rings. The summed E-state index contributed by atoms with van der Waals surface area (Å²) < 4.78 is 22.1. The predicted molar refractivity (Wildman–Crippen MR) is 83.5 cm³/mol. The third-order valence-electron chi connectivity index (χ3n) is 3.63. The maximum atomic E-state index is 5.92. The van der Waals surface area contributed by atoms with Gasteiger partial charge in [-0.1, -0.05) is 13.3 Å². The lowest BCUT2D eigenvalue weighted by atomic mass is 9.94. The zero-order valence-corrected chi connectivity index (χ0v) is 13.6. The molecule has 0 amide bonds. The van der Waals surface area contributed by atoms with Crippen LogP contribution in [0.15, 0.2) is 0 Å². The molecule has 2 unspecified atom stereocenters. The molecule has 5 nitrogen and oxygen atoms in total. The molecule has 0 radical (unpaired) electrons. The summed E-state index contributed by atoms with van der Waals surface area (Å²) in [5, 5.41) is 0. The first-order valence-electron chi connectivity index (χ1n) is 8.43. The van der Waals surface area contributed by atoms with Crippen molar-refractivity contribution in [2.45, 2.75) is 57.6 Å². The number of rotatable bonds is 13. The second-order valence-corrected chi connectivity index (χ2v) is 5.61. The van der Waals surface area contributed by atoms with Crippen LogP contribution in [0.4, 0.5) is 0 Å². The van der Waals surface area contributed by atoms with Gasteiger partial charge in [-0.05, 0) is 32.1 Å².